The van der Waals surface area contributed by atoms with Gasteiger partial charge in [0.25, 0.3) is 0 Å². The molecule has 1 aliphatic carbocycles. The van der Waals surface area contributed by atoms with E-state index in [1.807, 2.05) is 6.07 Å². The Balaban J connectivity index is 2.03. The minimum Gasteiger partial charge on any atom is -0.481 e. The molecule has 2 rings (SSSR count). The van der Waals surface area contributed by atoms with Gasteiger partial charge < -0.3 is 10.0 Å². The van der Waals surface area contributed by atoms with Crippen LogP contribution >= 0.6 is 23.2 Å². The molecule has 0 aliphatic heterocycles. The lowest BCUT2D eigenvalue weighted by Gasteiger charge is -2.22. The Morgan fingerprint density at radius 3 is 2.45 bits per heavy atom. The number of amides is 1. The molecule has 4 nitrogen and oxygen atoms in total. The summed E-state index contributed by atoms with van der Waals surface area (Å²) in [5.41, 5.74) is 0.898. The number of carbonyl (C=O) groups excluding carboxylic acids is 1. The summed E-state index contributed by atoms with van der Waals surface area (Å²) in [4.78, 5) is 24.4. The Morgan fingerprint density at radius 1 is 1.20 bits per heavy atom. The monoisotopic (exact) mass is 315 g/mol. The first-order valence-corrected chi connectivity index (χ1v) is 7.18. The van der Waals surface area contributed by atoms with Gasteiger partial charge in [0.05, 0.1) is 16.5 Å². The lowest BCUT2D eigenvalue weighted by atomic mass is 10.2. The van der Waals surface area contributed by atoms with E-state index in [0.717, 1.165) is 18.4 Å². The number of carboxylic acid groups (broad SMARTS) is 1. The number of hydrogen-bond acceptors (Lipinski definition) is 2. The number of halogens is 2. The van der Waals surface area contributed by atoms with E-state index in [9.17, 15) is 9.59 Å². The Hall–Kier alpha value is -1.26. The third-order valence-electron chi connectivity index (χ3n) is 3.20. The van der Waals surface area contributed by atoms with E-state index < -0.39 is 5.97 Å². The molecule has 0 bridgehead atoms. The van der Waals surface area contributed by atoms with Crippen molar-refractivity contribution in [3.05, 3.63) is 33.8 Å². The molecule has 0 saturated heterocycles. The average Bonchev–Trinajstić information content (AvgIpc) is 3.21. The van der Waals surface area contributed by atoms with Crippen molar-refractivity contribution in [2.75, 3.05) is 0 Å². The van der Waals surface area contributed by atoms with Crippen LogP contribution in [-0.4, -0.2) is 27.9 Å². The van der Waals surface area contributed by atoms with Crippen LogP contribution in [0.25, 0.3) is 0 Å². The van der Waals surface area contributed by atoms with Crippen molar-refractivity contribution >= 4 is 35.1 Å². The van der Waals surface area contributed by atoms with Gasteiger partial charge in [0.2, 0.25) is 5.91 Å². The Morgan fingerprint density at radius 2 is 1.90 bits per heavy atom. The quantitative estimate of drug-likeness (QED) is 0.875. The fourth-order valence-corrected chi connectivity index (χ4v) is 2.32. The minimum atomic E-state index is -0.955. The Labute approximate surface area is 127 Å². The number of hydrogen-bond donors (Lipinski definition) is 1. The van der Waals surface area contributed by atoms with Crippen molar-refractivity contribution in [2.45, 2.75) is 38.3 Å². The highest BCUT2D eigenvalue weighted by Gasteiger charge is 2.32. The predicted octanol–water partition coefficient (Wildman–Crippen LogP) is 3.35. The molecular formula is C14H15Cl2NO3. The molecule has 1 saturated carbocycles. The van der Waals surface area contributed by atoms with E-state index in [4.69, 9.17) is 28.3 Å². The number of carbonyl (C=O) groups is 2. The molecule has 1 fully saturated rings. The second-order valence-corrected chi connectivity index (χ2v) is 5.71. The molecule has 1 amide bonds. The highest BCUT2D eigenvalue weighted by Crippen LogP contribution is 2.30. The number of rotatable bonds is 6. The van der Waals surface area contributed by atoms with Crippen LogP contribution in [0.5, 0.6) is 0 Å². The van der Waals surface area contributed by atoms with Crippen molar-refractivity contribution in [2.24, 2.45) is 0 Å². The van der Waals surface area contributed by atoms with Crippen LogP contribution in [0.2, 0.25) is 10.0 Å². The number of aliphatic carboxylic acids is 1. The smallest absolute Gasteiger partial charge is 0.303 e. The number of benzene rings is 1. The van der Waals surface area contributed by atoms with Crippen molar-refractivity contribution in [3.63, 3.8) is 0 Å². The zero-order valence-corrected chi connectivity index (χ0v) is 12.3. The highest BCUT2D eigenvalue weighted by molar-refractivity contribution is 6.42. The van der Waals surface area contributed by atoms with Crippen molar-refractivity contribution in [3.8, 4) is 0 Å². The maximum atomic E-state index is 12.1. The van der Waals surface area contributed by atoms with Crippen LogP contribution in [0.4, 0.5) is 0 Å². The summed E-state index contributed by atoms with van der Waals surface area (Å²) < 4.78 is 0. The summed E-state index contributed by atoms with van der Waals surface area (Å²) in [7, 11) is 0. The molecular weight excluding hydrogens is 301 g/mol. The molecule has 20 heavy (non-hydrogen) atoms. The highest BCUT2D eigenvalue weighted by atomic mass is 35.5. The van der Waals surface area contributed by atoms with Crippen LogP contribution in [0.3, 0.4) is 0 Å². The Bertz CT molecular complexity index is 529. The topological polar surface area (TPSA) is 57.6 Å². The third kappa shape index (κ3) is 4.12. The zero-order valence-electron chi connectivity index (χ0n) is 10.8. The van der Waals surface area contributed by atoms with Crippen LogP contribution in [0.15, 0.2) is 18.2 Å². The Kier molecular flexibility index (Phi) is 4.89. The van der Waals surface area contributed by atoms with Crippen LogP contribution < -0.4 is 0 Å². The van der Waals surface area contributed by atoms with E-state index in [2.05, 4.69) is 0 Å². The maximum absolute atomic E-state index is 12.1. The first kappa shape index (κ1) is 15.1. The molecule has 108 valence electrons. The van der Waals surface area contributed by atoms with Gasteiger partial charge in [0.1, 0.15) is 0 Å². The maximum Gasteiger partial charge on any atom is 0.303 e. The summed E-state index contributed by atoms with van der Waals surface area (Å²) in [6, 6.07) is 5.50. The molecule has 0 spiro atoms. The van der Waals surface area contributed by atoms with Gasteiger partial charge in [-0.3, -0.25) is 9.59 Å². The first-order chi connectivity index (χ1) is 9.47. The van der Waals surface area contributed by atoms with Gasteiger partial charge in [-0.2, -0.15) is 0 Å². The fourth-order valence-electron chi connectivity index (χ4n) is 2.00. The zero-order chi connectivity index (χ0) is 14.7. The summed E-state index contributed by atoms with van der Waals surface area (Å²) in [6.45, 7) is 0.444. The van der Waals surface area contributed by atoms with Gasteiger partial charge >= 0.3 is 5.97 Å². The summed E-state index contributed by atoms with van der Waals surface area (Å²) in [6.07, 6.45) is 1.84. The van der Waals surface area contributed by atoms with E-state index in [1.54, 1.807) is 17.0 Å². The SMILES string of the molecule is O=C(O)CCC(=O)N(Cc1ccc(Cl)c(Cl)c1)C1CC1. The van der Waals surface area contributed by atoms with Crippen molar-refractivity contribution in [1.29, 1.82) is 0 Å². The van der Waals surface area contributed by atoms with Crippen LogP contribution in [0, 0.1) is 0 Å². The van der Waals surface area contributed by atoms with Gasteiger partial charge in [-0.25, -0.2) is 0 Å². The van der Waals surface area contributed by atoms with E-state index in [0.29, 0.717) is 16.6 Å². The van der Waals surface area contributed by atoms with E-state index in [1.165, 1.54) is 0 Å². The van der Waals surface area contributed by atoms with Gasteiger partial charge in [-0.1, -0.05) is 29.3 Å². The average molecular weight is 316 g/mol. The molecule has 0 atom stereocenters. The van der Waals surface area contributed by atoms with Crippen LogP contribution in [0.1, 0.15) is 31.2 Å². The molecule has 1 N–H and O–H groups in total. The standard InChI is InChI=1S/C14H15Cl2NO3/c15-11-4-1-9(7-12(11)16)8-17(10-2-3-10)13(18)5-6-14(19)20/h1,4,7,10H,2-3,5-6,8H2,(H,19,20). The second-order valence-electron chi connectivity index (χ2n) is 4.90. The second kappa shape index (κ2) is 6.46. The molecule has 0 unspecified atom stereocenters. The first-order valence-electron chi connectivity index (χ1n) is 6.42. The normalized spacial score (nSPS) is 14.1. The third-order valence-corrected chi connectivity index (χ3v) is 3.94. The molecule has 0 heterocycles. The van der Waals surface area contributed by atoms with Gasteiger partial charge in [0, 0.05) is 19.0 Å². The molecule has 0 aromatic heterocycles. The fraction of sp³-hybridized carbons (Fsp3) is 0.429. The van der Waals surface area contributed by atoms with Gasteiger partial charge in [0.15, 0.2) is 0 Å². The molecule has 0 radical (unpaired) electrons. The summed E-state index contributed by atoms with van der Waals surface area (Å²) in [5, 5.41) is 9.59. The lowest BCUT2D eigenvalue weighted by Crippen LogP contribution is -2.32. The minimum absolute atomic E-state index is 0.0349. The van der Waals surface area contributed by atoms with Crippen molar-refractivity contribution in [1.82, 2.24) is 4.90 Å². The molecule has 1 aromatic carbocycles. The number of nitrogens with zero attached hydrogens (tertiary/aromatic N) is 1. The number of carboxylic acids is 1. The van der Waals surface area contributed by atoms with Crippen molar-refractivity contribution < 1.29 is 14.7 Å². The summed E-state index contributed by atoms with van der Waals surface area (Å²) >= 11 is 11.8. The largest absolute Gasteiger partial charge is 0.481 e. The van der Waals surface area contributed by atoms with E-state index >= 15 is 0 Å². The van der Waals surface area contributed by atoms with Crippen LogP contribution in [-0.2, 0) is 16.1 Å². The molecule has 1 aromatic rings. The van der Waals surface area contributed by atoms with Gasteiger partial charge in [-0.15, -0.1) is 0 Å². The molecule has 6 heteroatoms. The van der Waals surface area contributed by atoms with Gasteiger partial charge in [-0.05, 0) is 30.5 Å². The van der Waals surface area contributed by atoms with E-state index in [-0.39, 0.29) is 24.8 Å². The summed E-state index contributed by atoms with van der Waals surface area (Å²) in [5.74, 6) is -1.08. The molecule has 1 aliphatic rings. The lowest BCUT2D eigenvalue weighted by molar-refractivity contribution is -0.141. The predicted molar refractivity (Wildman–Crippen MR) is 76.9 cm³/mol.